The lowest BCUT2D eigenvalue weighted by atomic mass is 10.9. The fourth-order valence-corrected chi connectivity index (χ4v) is 7.24. The highest BCUT2D eigenvalue weighted by Gasteiger charge is 2.30. The van der Waals surface area contributed by atoms with E-state index in [-0.39, 0.29) is 0 Å². The van der Waals surface area contributed by atoms with Crippen molar-refractivity contribution in [3.05, 3.63) is 0 Å². The Kier molecular flexibility index (Phi) is 4.31. The minimum Gasteiger partial charge on any atom is -0.149 e. The summed E-state index contributed by atoms with van der Waals surface area (Å²) < 4.78 is 2.46. The molecule has 0 aromatic rings. The van der Waals surface area contributed by atoms with Gasteiger partial charge in [0.2, 0.25) is 0 Å². The van der Waals surface area contributed by atoms with E-state index in [9.17, 15) is 0 Å². The molecular formula is C5H8S5. The van der Waals surface area contributed by atoms with Crippen LogP contribution in [0.5, 0.6) is 0 Å². The van der Waals surface area contributed by atoms with Gasteiger partial charge in [0.1, 0.15) is 3.53 Å². The van der Waals surface area contributed by atoms with E-state index in [4.69, 9.17) is 12.2 Å². The van der Waals surface area contributed by atoms with Crippen LogP contribution in [-0.2, 0) is 0 Å². The lowest BCUT2D eigenvalue weighted by molar-refractivity contribution is 1.39. The van der Waals surface area contributed by atoms with Crippen LogP contribution >= 0.6 is 59.3 Å². The Bertz CT molecular complexity index is 120. The zero-order valence-corrected chi connectivity index (χ0v) is 9.78. The van der Waals surface area contributed by atoms with Gasteiger partial charge in [-0.3, -0.25) is 0 Å². The largest absolute Gasteiger partial charge is 0.149 e. The Balaban J connectivity index is 2.48. The smallest absolute Gasteiger partial charge is 0.106 e. The molecule has 1 aliphatic heterocycles. The number of hydrogen-bond donors (Lipinski definition) is 0. The van der Waals surface area contributed by atoms with Gasteiger partial charge in [0.05, 0.1) is 9.16 Å². The predicted octanol–water partition coefficient (Wildman–Crippen LogP) is 3.13. The summed E-state index contributed by atoms with van der Waals surface area (Å²) in [6.45, 7) is 0. The zero-order valence-electron chi connectivity index (χ0n) is 5.70. The standard InChI is InChI=1S/C5H8S5/c1-7-3-4(8-2)10-5(6)9-3/h3-4H,1-2H3/t3-,4?/m0/s1. The zero-order chi connectivity index (χ0) is 7.56. The number of hydrogen-bond acceptors (Lipinski definition) is 5. The van der Waals surface area contributed by atoms with Crippen molar-refractivity contribution >= 4 is 62.8 Å². The first-order chi connectivity index (χ1) is 4.77. The number of thioether (sulfide) groups is 4. The molecule has 10 heavy (non-hydrogen) atoms. The van der Waals surface area contributed by atoms with E-state index < -0.39 is 0 Å². The molecule has 0 radical (unpaired) electrons. The third-order valence-corrected chi connectivity index (χ3v) is 7.55. The molecule has 0 bridgehead atoms. The molecule has 0 amide bonds. The van der Waals surface area contributed by atoms with Crippen molar-refractivity contribution in [2.45, 2.75) is 9.16 Å². The van der Waals surface area contributed by atoms with Crippen LogP contribution in [-0.4, -0.2) is 25.2 Å². The lowest BCUT2D eigenvalue weighted by Crippen LogP contribution is -2.04. The van der Waals surface area contributed by atoms with Crippen molar-refractivity contribution in [3.8, 4) is 0 Å². The van der Waals surface area contributed by atoms with Gasteiger partial charge in [0, 0.05) is 0 Å². The average molecular weight is 228 g/mol. The lowest BCUT2D eigenvalue weighted by Gasteiger charge is -2.10. The molecular weight excluding hydrogens is 220 g/mol. The highest BCUT2D eigenvalue weighted by molar-refractivity contribution is 8.54. The Labute approximate surface area is 84.0 Å². The molecule has 0 saturated carbocycles. The van der Waals surface area contributed by atoms with E-state index in [1.807, 2.05) is 47.0 Å². The summed E-state index contributed by atoms with van der Waals surface area (Å²) in [4.78, 5) is 0. The fraction of sp³-hybridized carbons (Fsp3) is 0.800. The number of thiocarbonyl (C=S) groups is 1. The van der Waals surface area contributed by atoms with Gasteiger partial charge in [-0.05, 0) is 12.5 Å². The molecule has 2 atom stereocenters. The summed E-state index contributed by atoms with van der Waals surface area (Å²) in [6, 6.07) is 0. The normalized spacial score (nSPS) is 33.2. The van der Waals surface area contributed by atoms with Crippen LogP contribution in [0.15, 0.2) is 0 Å². The first-order valence-electron chi connectivity index (χ1n) is 2.71. The molecule has 1 rings (SSSR count). The second-order valence-corrected chi connectivity index (χ2v) is 7.74. The van der Waals surface area contributed by atoms with Gasteiger partial charge in [0.15, 0.2) is 0 Å². The van der Waals surface area contributed by atoms with Crippen LogP contribution < -0.4 is 0 Å². The Hall–Kier alpha value is 1.49. The molecule has 1 unspecified atom stereocenters. The maximum Gasteiger partial charge on any atom is 0.106 e. The van der Waals surface area contributed by atoms with E-state index in [2.05, 4.69) is 12.5 Å². The van der Waals surface area contributed by atoms with Gasteiger partial charge >= 0.3 is 0 Å². The molecule has 1 fully saturated rings. The monoisotopic (exact) mass is 228 g/mol. The van der Waals surface area contributed by atoms with Crippen molar-refractivity contribution in [3.63, 3.8) is 0 Å². The van der Waals surface area contributed by atoms with Gasteiger partial charge < -0.3 is 0 Å². The fourth-order valence-electron chi connectivity index (χ4n) is 0.647. The third kappa shape index (κ3) is 2.24. The average Bonchev–Trinajstić information content (AvgIpc) is 2.30. The summed E-state index contributed by atoms with van der Waals surface area (Å²) in [5.74, 6) is 0. The van der Waals surface area contributed by atoms with Crippen LogP contribution in [0.4, 0.5) is 0 Å². The minimum absolute atomic E-state index is 0.674. The number of rotatable bonds is 2. The molecule has 0 N–H and O–H groups in total. The molecule has 0 spiro atoms. The van der Waals surface area contributed by atoms with Gasteiger partial charge in [-0.25, -0.2) is 0 Å². The van der Waals surface area contributed by atoms with Crippen molar-refractivity contribution in [1.82, 2.24) is 0 Å². The summed E-state index contributed by atoms with van der Waals surface area (Å²) >= 11 is 12.6. The molecule has 0 aromatic carbocycles. The molecule has 1 aliphatic rings. The Morgan fingerprint density at radius 3 is 1.90 bits per heavy atom. The van der Waals surface area contributed by atoms with Gasteiger partial charge in [-0.15, -0.1) is 23.5 Å². The Morgan fingerprint density at radius 2 is 1.60 bits per heavy atom. The van der Waals surface area contributed by atoms with Gasteiger partial charge in [0.25, 0.3) is 0 Å². The second-order valence-electron chi connectivity index (χ2n) is 1.69. The molecule has 0 nitrogen and oxygen atoms in total. The first-order valence-corrected chi connectivity index (χ1v) is 7.45. The van der Waals surface area contributed by atoms with Crippen molar-refractivity contribution in [2.24, 2.45) is 0 Å². The summed E-state index contributed by atoms with van der Waals surface area (Å²) in [7, 11) is 0. The summed E-state index contributed by atoms with van der Waals surface area (Å²) in [5.41, 5.74) is 0. The van der Waals surface area contributed by atoms with Gasteiger partial charge in [-0.1, -0.05) is 35.7 Å². The maximum absolute atomic E-state index is 5.10. The quantitative estimate of drug-likeness (QED) is 0.664. The maximum atomic E-state index is 5.10. The Morgan fingerprint density at radius 1 is 1.20 bits per heavy atom. The van der Waals surface area contributed by atoms with E-state index in [0.29, 0.717) is 9.16 Å². The van der Waals surface area contributed by atoms with E-state index in [1.54, 1.807) is 0 Å². The van der Waals surface area contributed by atoms with E-state index in [1.165, 1.54) is 0 Å². The molecule has 0 aromatic heterocycles. The summed E-state index contributed by atoms with van der Waals surface area (Å²) in [6.07, 6.45) is 4.30. The van der Waals surface area contributed by atoms with Crippen LogP contribution in [0.25, 0.3) is 0 Å². The van der Waals surface area contributed by atoms with Crippen LogP contribution in [0.2, 0.25) is 0 Å². The van der Waals surface area contributed by atoms with Gasteiger partial charge in [-0.2, -0.15) is 0 Å². The third-order valence-electron chi connectivity index (χ3n) is 1.11. The van der Waals surface area contributed by atoms with Crippen LogP contribution in [0.3, 0.4) is 0 Å². The first kappa shape index (κ1) is 9.58. The van der Waals surface area contributed by atoms with Crippen LogP contribution in [0, 0.1) is 0 Å². The van der Waals surface area contributed by atoms with Crippen molar-refractivity contribution < 1.29 is 0 Å². The predicted molar refractivity (Wildman–Crippen MR) is 62.4 cm³/mol. The SMILES string of the molecule is CSC1SC(=S)S[C@@H]1SC. The molecule has 0 aliphatic carbocycles. The molecule has 1 saturated heterocycles. The van der Waals surface area contributed by atoms with E-state index >= 15 is 0 Å². The highest BCUT2D eigenvalue weighted by Crippen LogP contribution is 2.48. The minimum atomic E-state index is 0.674. The van der Waals surface area contributed by atoms with Crippen molar-refractivity contribution in [2.75, 3.05) is 12.5 Å². The van der Waals surface area contributed by atoms with E-state index in [0.717, 1.165) is 3.53 Å². The second kappa shape index (κ2) is 4.50. The molecule has 5 heteroatoms. The molecule has 58 valence electrons. The highest BCUT2D eigenvalue weighted by atomic mass is 32.3. The summed E-state index contributed by atoms with van der Waals surface area (Å²) in [5, 5.41) is 0. The van der Waals surface area contributed by atoms with Crippen molar-refractivity contribution in [1.29, 1.82) is 0 Å². The van der Waals surface area contributed by atoms with Crippen LogP contribution in [0.1, 0.15) is 0 Å². The topological polar surface area (TPSA) is 0 Å². The molecule has 1 heterocycles.